The van der Waals surface area contributed by atoms with E-state index in [4.69, 9.17) is 56.8 Å². The minimum absolute atomic E-state index is 0.110. The first-order valence-corrected chi connectivity index (χ1v) is 30.3. The molecule has 4 aliphatic carbocycles. The largest absolute Gasteiger partial charge is 0.394 e. The normalized spacial score (nSPS) is 57.1. The fourth-order valence-electron chi connectivity index (χ4n) is 18.3. The Kier molecular flexibility index (Phi) is 17.9. The molecule has 2 spiro atoms. The number of allylic oxidation sites excluding steroid dienone is 1. The summed E-state index contributed by atoms with van der Waals surface area (Å²) in [7, 11) is 0. The molecule has 2 bridgehead atoms. The van der Waals surface area contributed by atoms with Crippen molar-refractivity contribution in [3.05, 3.63) is 11.6 Å². The molecule has 14 N–H and O–H groups in total. The quantitative estimate of drug-likeness (QED) is 0.0658. The highest BCUT2D eigenvalue weighted by atomic mass is 16.8. The topological polar surface area (TPSA) is 394 Å². The van der Waals surface area contributed by atoms with Crippen molar-refractivity contribution in [2.45, 2.75) is 272 Å². The highest BCUT2D eigenvalue weighted by Gasteiger charge is 2.81. The van der Waals surface area contributed by atoms with Crippen LogP contribution in [0.5, 0.6) is 0 Å². The van der Waals surface area contributed by atoms with E-state index < -0.39 is 191 Å². The van der Waals surface area contributed by atoms with E-state index in [1.807, 2.05) is 20.8 Å². The Balaban J connectivity index is 0.870. The third-order valence-electron chi connectivity index (χ3n) is 22.5. The van der Waals surface area contributed by atoms with Crippen molar-refractivity contribution in [2.75, 3.05) is 33.0 Å². The average Bonchev–Trinajstić information content (AvgIpc) is 1.44. The fourth-order valence-corrected chi connectivity index (χ4v) is 18.3. The maximum Gasteiger partial charge on any atom is 0.187 e. The van der Waals surface area contributed by atoms with Crippen molar-refractivity contribution in [2.24, 2.45) is 45.3 Å². The molecule has 26 heteroatoms. The molecule has 26 nitrogen and oxygen atoms in total. The lowest BCUT2D eigenvalue weighted by atomic mass is 9.35. The molecule has 0 aromatic rings. The van der Waals surface area contributed by atoms with Crippen LogP contribution in [0.2, 0.25) is 0 Å². The fraction of sp³-hybridized carbons (Fsp3) is 0.966. The molecule has 4 saturated carbocycles. The Morgan fingerprint density at radius 1 is 0.583 bits per heavy atom. The van der Waals surface area contributed by atoms with E-state index in [1.54, 1.807) is 0 Å². The van der Waals surface area contributed by atoms with Crippen LogP contribution in [0.1, 0.15) is 107 Å². The van der Waals surface area contributed by atoms with Gasteiger partial charge in [0.2, 0.25) is 0 Å². The van der Waals surface area contributed by atoms with Gasteiger partial charge in [-0.05, 0) is 100 Å². The molecule has 482 valence electrons. The van der Waals surface area contributed by atoms with Crippen molar-refractivity contribution < 1.29 is 128 Å². The Morgan fingerprint density at radius 3 is 1.93 bits per heavy atom. The maximum absolute atomic E-state index is 12.3. The van der Waals surface area contributed by atoms with Gasteiger partial charge < -0.3 is 128 Å². The molecule has 0 radical (unpaired) electrons. The highest BCUT2D eigenvalue weighted by molar-refractivity contribution is 5.27. The Morgan fingerprint density at radius 2 is 1.21 bits per heavy atom. The van der Waals surface area contributed by atoms with Crippen LogP contribution in [0, 0.1) is 45.3 Å². The number of aliphatic hydroxyl groups excluding tert-OH is 13. The predicted octanol–water partition coefficient (Wildman–Crippen LogP) is -2.72. The lowest BCUT2D eigenvalue weighted by Crippen LogP contribution is -2.68. The van der Waals surface area contributed by atoms with E-state index in [-0.39, 0.29) is 46.0 Å². The van der Waals surface area contributed by atoms with Gasteiger partial charge in [0, 0.05) is 24.2 Å². The molecule has 0 aromatic carbocycles. The van der Waals surface area contributed by atoms with Crippen LogP contribution in [0.25, 0.3) is 0 Å². The summed E-state index contributed by atoms with van der Waals surface area (Å²) in [6, 6.07) is 0. The molecule has 0 aromatic heterocycles. The first-order valence-electron chi connectivity index (χ1n) is 30.3. The standard InChI is InChI=1S/C58H94O26/c1-23(2)15-25-16-56(8,72)47-26-9-10-32-54(6)13-12-33(53(4,5)31(54)11-14-55(32,7)57(26)21-58(47,84-25)76-22-57)80-51-46(83-50-43(71)38(66)34(62)24(3)77-50)44(28(61)19-74-51)81-52-45(82-49-41(69)35(63)27(60)18-73-49)40(68)37(65)30(79-52)20-75-48-42(70)39(67)36(64)29(17-59)78-48/h15,24-52,59-72H,9-14,16-22H2,1-8H3/t24-,25-,26+,27+,28-,29+,30+,31-,32+,33-,34-,35-,36+,37+,38+,39-,40-,41+,42+,43+,44-,45+,46+,47-,48+,49-,50-,51-,52-,54-,55+,56+,57-,58-/m0/s1. The summed E-state index contributed by atoms with van der Waals surface area (Å²) in [6.07, 6.45) is -31.8. The lowest BCUT2D eigenvalue weighted by Gasteiger charge is -2.70. The lowest BCUT2D eigenvalue weighted by molar-refractivity contribution is -0.401. The summed E-state index contributed by atoms with van der Waals surface area (Å²) < 4.78 is 75.5. The van der Waals surface area contributed by atoms with Gasteiger partial charge in [-0.15, -0.1) is 0 Å². The predicted molar refractivity (Wildman–Crippen MR) is 283 cm³/mol. The van der Waals surface area contributed by atoms with Crippen LogP contribution in [0.3, 0.4) is 0 Å². The zero-order valence-electron chi connectivity index (χ0n) is 49.2. The molecule has 11 aliphatic rings. The summed E-state index contributed by atoms with van der Waals surface area (Å²) in [4.78, 5) is 0. The van der Waals surface area contributed by atoms with E-state index in [1.165, 1.54) is 6.92 Å². The summed E-state index contributed by atoms with van der Waals surface area (Å²) in [5.74, 6) is -0.440. The summed E-state index contributed by atoms with van der Waals surface area (Å²) in [5, 5.41) is 154. The van der Waals surface area contributed by atoms with Gasteiger partial charge in [-0.1, -0.05) is 39.3 Å². The van der Waals surface area contributed by atoms with Gasteiger partial charge in [0.15, 0.2) is 37.2 Å². The molecule has 0 unspecified atom stereocenters. The monoisotopic (exact) mass is 1210 g/mol. The molecular formula is C58H94O26. The Bertz CT molecular complexity index is 2330. The van der Waals surface area contributed by atoms with Crippen LogP contribution < -0.4 is 0 Å². The summed E-state index contributed by atoms with van der Waals surface area (Å²) in [5.41, 5.74) is -0.980. The van der Waals surface area contributed by atoms with Gasteiger partial charge >= 0.3 is 0 Å². The van der Waals surface area contributed by atoms with Crippen LogP contribution in [-0.2, 0) is 56.8 Å². The molecule has 7 saturated heterocycles. The highest BCUT2D eigenvalue weighted by Crippen LogP contribution is 2.80. The van der Waals surface area contributed by atoms with Gasteiger partial charge in [-0.2, -0.15) is 0 Å². The minimum atomic E-state index is -2.04. The van der Waals surface area contributed by atoms with Gasteiger partial charge in [0.25, 0.3) is 0 Å². The Labute approximate surface area is 488 Å². The van der Waals surface area contributed by atoms with Crippen LogP contribution in [-0.4, -0.2) is 269 Å². The Hall–Kier alpha value is -1.30. The number of rotatable bonds is 13. The van der Waals surface area contributed by atoms with E-state index >= 15 is 0 Å². The van der Waals surface area contributed by atoms with Gasteiger partial charge in [-0.3, -0.25) is 0 Å². The third-order valence-corrected chi connectivity index (χ3v) is 22.5. The van der Waals surface area contributed by atoms with Crippen LogP contribution in [0.15, 0.2) is 11.6 Å². The van der Waals surface area contributed by atoms with Crippen molar-refractivity contribution in [1.82, 2.24) is 0 Å². The second-order valence-electron chi connectivity index (χ2n) is 28.2. The van der Waals surface area contributed by atoms with Crippen LogP contribution >= 0.6 is 0 Å². The van der Waals surface area contributed by atoms with E-state index in [9.17, 15) is 71.5 Å². The van der Waals surface area contributed by atoms with Crippen molar-refractivity contribution in [3.8, 4) is 0 Å². The second-order valence-corrected chi connectivity index (χ2v) is 28.2. The molecule has 0 amide bonds. The molecule has 7 heterocycles. The second kappa shape index (κ2) is 23.4. The SMILES string of the molecule is CC(C)=C[C@H]1C[C@@](C)(O)[C@@H]2[C@H]3CC[C@@H]4[C@@]5(C)CC[C@H](O[C@@H]6OC[C@H](O)[C@H](O[C@@H]7O[C@H](CO[C@@H]8O[C@H](CO)[C@@H](O)[C@H](O)[C@H]8O)[C@@H](O)[C@H](O)[C@H]7O[C@@H]7OC[C@@H](O)[C@H](O)[C@H]7O)[C@H]6O[C@@H]6O[C@@H](C)[C@H](O)[C@@H](O)[C@H]6O)C(C)(C)[C@@H]5CC[C@@]4(C)[C@@]34CO[C@@]2(C4)O1. The molecule has 11 fully saturated rings. The number of hydrogen-bond acceptors (Lipinski definition) is 26. The molecular weight excluding hydrogens is 1110 g/mol. The smallest absolute Gasteiger partial charge is 0.187 e. The first kappa shape index (κ1) is 64.2. The number of fused-ring (bicyclic) bond motifs is 4. The zero-order chi connectivity index (χ0) is 60.7. The molecule has 11 rings (SSSR count). The van der Waals surface area contributed by atoms with Crippen LogP contribution in [0.4, 0.5) is 0 Å². The average molecular weight is 1210 g/mol. The maximum atomic E-state index is 12.3. The van der Waals surface area contributed by atoms with Gasteiger partial charge in [-0.25, -0.2) is 0 Å². The zero-order valence-corrected chi connectivity index (χ0v) is 49.2. The summed E-state index contributed by atoms with van der Waals surface area (Å²) >= 11 is 0. The number of hydrogen-bond donors (Lipinski definition) is 14. The number of ether oxygens (including phenoxy) is 12. The molecule has 84 heavy (non-hydrogen) atoms. The van der Waals surface area contributed by atoms with Crippen molar-refractivity contribution >= 4 is 0 Å². The van der Waals surface area contributed by atoms with Gasteiger partial charge in [0.1, 0.15) is 104 Å². The first-order chi connectivity index (χ1) is 39.4. The number of aliphatic hydroxyl groups is 14. The molecule has 7 aliphatic heterocycles. The van der Waals surface area contributed by atoms with Gasteiger partial charge in [0.05, 0.1) is 56.9 Å². The summed E-state index contributed by atoms with van der Waals surface area (Å²) in [6.45, 7) is 14.8. The molecule has 34 atom stereocenters. The van der Waals surface area contributed by atoms with Crippen molar-refractivity contribution in [3.63, 3.8) is 0 Å². The van der Waals surface area contributed by atoms with E-state index in [2.05, 4.69) is 33.8 Å². The van der Waals surface area contributed by atoms with E-state index in [0.29, 0.717) is 19.4 Å². The minimum Gasteiger partial charge on any atom is -0.394 e. The van der Waals surface area contributed by atoms with E-state index in [0.717, 1.165) is 44.1 Å². The third kappa shape index (κ3) is 10.5. The van der Waals surface area contributed by atoms with Crippen molar-refractivity contribution in [1.29, 1.82) is 0 Å².